The van der Waals surface area contributed by atoms with Gasteiger partial charge in [0.25, 0.3) is 0 Å². The summed E-state index contributed by atoms with van der Waals surface area (Å²) in [4.78, 5) is 57.5. The van der Waals surface area contributed by atoms with Crippen molar-refractivity contribution in [3.05, 3.63) is 0 Å². The van der Waals surface area contributed by atoms with Crippen LogP contribution in [0.1, 0.15) is 12.8 Å². The Kier molecular flexibility index (Phi) is 12.2. The molecule has 154 valence electrons. The summed E-state index contributed by atoms with van der Waals surface area (Å²) in [6.07, 6.45) is 1.50. The smallest absolute Gasteiger partial charge is 0.327 e. The lowest BCUT2D eigenvalue weighted by molar-refractivity contribution is -0.143. The van der Waals surface area contributed by atoms with Crippen LogP contribution in [-0.2, 0) is 24.0 Å². The number of thioether (sulfide) groups is 1. The number of rotatable bonds is 13. The zero-order chi connectivity index (χ0) is 21.0. The van der Waals surface area contributed by atoms with E-state index in [0.717, 1.165) is 0 Å². The monoisotopic (exact) mass is 424 g/mol. The van der Waals surface area contributed by atoms with Gasteiger partial charge >= 0.3 is 11.9 Å². The third-order valence-electron chi connectivity index (χ3n) is 3.22. The van der Waals surface area contributed by atoms with Gasteiger partial charge in [0.2, 0.25) is 17.7 Å². The standard InChI is InChI=1S/C14H24N4O7S2/c1-27-3-2-7(15)12(22)16-5-10(19)17-8(4-11(20)21)13(23)18-9(6-26)14(24)25/h7-9,26H,2-6,15H2,1H3,(H,16,22)(H,17,19)(H,18,23)(H,20,21)(H,24,25). The lowest BCUT2D eigenvalue weighted by Gasteiger charge is -2.20. The Labute approximate surface area is 165 Å². The third-order valence-corrected chi connectivity index (χ3v) is 4.23. The van der Waals surface area contributed by atoms with Crippen molar-refractivity contribution in [2.45, 2.75) is 31.0 Å². The fourth-order valence-electron chi connectivity index (χ4n) is 1.76. The molecule has 0 aliphatic heterocycles. The van der Waals surface area contributed by atoms with E-state index in [4.69, 9.17) is 15.9 Å². The number of hydrogen-bond donors (Lipinski definition) is 7. The molecule has 0 saturated heterocycles. The lowest BCUT2D eigenvalue weighted by Crippen LogP contribution is -2.54. The summed E-state index contributed by atoms with van der Waals surface area (Å²) < 4.78 is 0. The van der Waals surface area contributed by atoms with Gasteiger partial charge in [-0.2, -0.15) is 24.4 Å². The highest BCUT2D eigenvalue weighted by Gasteiger charge is 2.27. The minimum Gasteiger partial charge on any atom is -0.481 e. The summed E-state index contributed by atoms with van der Waals surface area (Å²) in [5.41, 5.74) is 5.64. The van der Waals surface area contributed by atoms with E-state index in [1.807, 2.05) is 6.26 Å². The second kappa shape index (κ2) is 13.2. The Hall–Kier alpha value is -1.99. The number of carbonyl (C=O) groups is 5. The van der Waals surface area contributed by atoms with Gasteiger partial charge in [0.1, 0.15) is 12.1 Å². The van der Waals surface area contributed by atoms with Crippen LogP contribution in [0.15, 0.2) is 0 Å². The molecular weight excluding hydrogens is 400 g/mol. The van der Waals surface area contributed by atoms with Gasteiger partial charge in [-0.25, -0.2) is 4.79 Å². The Morgan fingerprint density at radius 2 is 1.70 bits per heavy atom. The molecule has 0 saturated carbocycles. The fourth-order valence-corrected chi connectivity index (χ4v) is 2.50. The molecule has 11 nitrogen and oxygen atoms in total. The van der Waals surface area contributed by atoms with E-state index in [1.54, 1.807) is 0 Å². The van der Waals surface area contributed by atoms with Crippen LogP contribution in [0.3, 0.4) is 0 Å². The number of carboxylic acids is 2. The van der Waals surface area contributed by atoms with Crippen LogP contribution in [0.2, 0.25) is 0 Å². The average molecular weight is 425 g/mol. The number of hydrogen-bond acceptors (Lipinski definition) is 8. The van der Waals surface area contributed by atoms with E-state index in [9.17, 15) is 24.0 Å². The first-order valence-corrected chi connectivity index (χ1v) is 9.82. The van der Waals surface area contributed by atoms with Crippen molar-refractivity contribution in [1.29, 1.82) is 0 Å². The number of nitrogens with two attached hydrogens (primary N) is 1. The second-order valence-corrected chi connectivity index (χ2v) is 6.76. The van der Waals surface area contributed by atoms with Gasteiger partial charge in [-0.15, -0.1) is 0 Å². The maximum atomic E-state index is 12.1. The highest BCUT2D eigenvalue weighted by molar-refractivity contribution is 7.98. The largest absolute Gasteiger partial charge is 0.481 e. The van der Waals surface area contributed by atoms with E-state index >= 15 is 0 Å². The molecule has 0 aromatic rings. The van der Waals surface area contributed by atoms with Crippen LogP contribution in [-0.4, -0.2) is 82.3 Å². The van der Waals surface area contributed by atoms with Crippen molar-refractivity contribution in [2.75, 3.05) is 24.3 Å². The molecule has 3 unspecified atom stereocenters. The Balaban J connectivity index is 4.72. The summed E-state index contributed by atoms with van der Waals surface area (Å²) in [7, 11) is 0. The van der Waals surface area contributed by atoms with E-state index < -0.39 is 60.8 Å². The predicted octanol–water partition coefficient (Wildman–Crippen LogP) is -2.36. The first-order chi connectivity index (χ1) is 12.6. The SMILES string of the molecule is CSCCC(N)C(=O)NCC(=O)NC(CC(=O)O)C(=O)NC(CS)C(=O)O. The quantitative estimate of drug-likeness (QED) is 0.159. The van der Waals surface area contributed by atoms with Gasteiger partial charge in [0.05, 0.1) is 19.0 Å². The molecule has 0 aliphatic rings. The number of carboxylic acid groups (broad SMARTS) is 2. The molecule has 0 rings (SSSR count). The Morgan fingerprint density at radius 1 is 1.07 bits per heavy atom. The van der Waals surface area contributed by atoms with Gasteiger partial charge < -0.3 is 31.9 Å². The highest BCUT2D eigenvalue weighted by atomic mass is 32.2. The summed E-state index contributed by atoms with van der Waals surface area (Å²) in [6, 6.07) is -3.66. The van der Waals surface area contributed by atoms with E-state index in [0.29, 0.717) is 12.2 Å². The number of aliphatic carboxylic acids is 2. The summed E-state index contributed by atoms with van der Waals surface area (Å²) >= 11 is 5.29. The molecule has 0 spiro atoms. The van der Waals surface area contributed by atoms with Crippen molar-refractivity contribution >= 4 is 54.1 Å². The highest BCUT2D eigenvalue weighted by Crippen LogP contribution is 1.99. The van der Waals surface area contributed by atoms with Crippen LogP contribution >= 0.6 is 24.4 Å². The van der Waals surface area contributed by atoms with Crippen molar-refractivity contribution in [2.24, 2.45) is 5.73 Å². The molecule has 7 N–H and O–H groups in total. The van der Waals surface area contributed by atoms with Crippen LogP contribution in [0.25, 0.3) is 0 Å². The molecular formula is C14H24N4O7S2. The van der Waals surface area contributed by atoms with Crippen LogP contribution in [0, 0.1) is 0 Å². The minimum atomic E-state index is -1.51. The number of amides is 3. The summed E-state index contributed by atoms with van der Waals surface area (Å²) in [5, 5.41) is 24.3. The molecule has 0 fully saturated rings. The van der Waals surface area contributed by atoms with Crippen molar-refractivity contribution in [3.63, 3.8) is 0 Å². The second-order valence-electron chi connectivity index (χ2n) is 5.41. The lowest BCUT2D eigenvalue weighted by atomic mass is 10.1. The van der Waals surface area contributed by atoms with Crippen molar-refractivity contribution in [3.8, 4) is 0 Å². The molecule has 27 heavy (non-hydrogen) atoms. The van der Waals surface area contributed by atoms with E-state index in [1.165, 1.54) is 11.8 Å². The van der Waals surface area contributed by atoms with Gasteiger partial charge in [0, 0.05) is 5.75 Å². The minimum absolute atomic E-state index is 0.223. The zero-order valence-corrected chi connectivity index (χ0v) is 16.3. The normalized spacial score (nSPS) is 13.7. The molecule has 0 aromatic heterocycles. The van der Waals surface area contributed by atoms with Crippen molar-refractivity contribution in [1.82, 2.24) is 16.0 Å². The van der Waals surface area contributed by atoms with Gasteiger partial charge in [0.15, 0.2) is 0 Å². The first kappa shape index (κ1) is 25.0. The van der Waals surface area contributed by atoms with Crippen LogP contribution in [0.4, 0.5) is 0 Å². The van der Waals surface area contributed by atoms with Gasteiger partial charge in [-0.05, 0) is 18.4 Å². The molecule has 0 aromatic carbocycles. The average Bonchev–Trinajstić information content (AvgIpc) is 2.60. The van der Waals surface area contributed by atoms with E-state index in [2.05, 4.69) is 28.6 Å². The molecule has 13 heteroatoms. The molecule has 0 radical (unpaired) electrons. The Morgan fingerprint density at radius 3 is 2.19 bits per heavy atom. The van der Waals surface area contributed by atoms with Crippen molar-refractivity contribution < 1.29 is 34.2 Å². The molecule has 3 amide bonds. The Bertz CT molecular complexity index is 562. The molecule has 0 aliphatic carbocycles. The molecule has 0 heterocycles. The predicted molar refractivity (Wildman–Crippen MR) is 102 cm³/mol. The number of carbonyl (C=O) groups excluding carboxylic acids is 3. The number of thiol groups is 1. The molecule has 0 bridgehead atoms. The third kappa shape index (κ3) is 10.7. The maximum absolute atomic E-state index is 12.1. The van der Waals surface area contributed by atoms with Crippen LogP contribution in [0.5, 0.6) is 0 Å². The van der Waals surface area contributed by atoms with E-state index in [-0.39, 0.29) is 5.75 Å². The first-order valence-electron chi connectivity index (χ1n) is 7.79. The van der Waals surface area contributed by atoms with Gasteiger partial charge in [-0.3, -0.25) is 19.2 Å². The molecule has 3 atom stereocenters. The maximum Gasteiger partial charge on any atom is 0.327 e. The van der Waals surface area contributed by atoms with Gasteiger partial charge in [-0.1, -0.05) is 0 Å². The topological polar surface area (TPSA) is 188 Å². The number of nitrogens with one attached hydrogen (secondary N) is 3. The van der Waals surface area contributed by atoms with Crippen LogP contribution < -0.4 is 21.7 Å². The summed E-state index contributed by atoms with van der Waals surface area (Å²) in [6.45, 7) is -0.510. The zero-order valence-electron chi connectivity index (χ0n) is 14.6. The fraction of sp³-hybridized carbons (Fsp3) is 0.643. The summed E-state index contributed by atoms with van der Waals surface area (Å²) in [5.74, 6) is -4.66.